The quantitative estimate of drug-likeness (QED) is 0.389. The number of ether oxygens (including phenoxy) is 2. The standard InChI is InChI=1S/C16H20N4O3.C9H14N4O/c1-13-3-5-15(6-4-13)23-8-7-19(2)16(22)11-20-10-14(9-18-20)17-12-21;1-13(7-3-5-14-6-7)8-2-4-11-9(10)12-8/h3-6,9-10,12H,7-8,11H2,1-2H3,(H,17,21);2,4,7H,3,5-6H2,1H3,(H2,10,11,12)/t;7-/m.0/s1. The highest BCUT2D eigenvalue weighted by molar-refractivity contribution is 5.76. The number of likely N-dealkylation sites (N-methyl/N-ethyl adjacent to an activating group) is 2. The summed E-state index contributed by atoms with van der Waals surface area (Å²) in [4.78, 5) is 34.1. The molecule has 1 aliphatic rings. The number of benzene rings is 1. The Bertz CT molecular complexity index is 1130. The summed E-state index contributed by atoms with van der Waals surface area (Å²) >= 11 is 0. The van der Waals surface area contributed by atoms with Crippen LogP contribution < -0.4 is 20.7 Å². The van der Waals surface area contributed by atoms with Crippen LogP contribution in [0.2, 0.25) is 0 Å². The van der Waals surface area contributed by atoms with Crippen LogP contribution in [0.4, 0.5) is 17.5 Å². The summed E-state index contributed by atoms with van der Waals surface area (Å²) in [6.07, 6.45) is 6.37. The molecule has 0 aliphatic carbocycles. The lowest BCUT2D eigenvalue weighted by molar-refractivity contribution is -0.131. The number of nitrogens with two attached hydrogens (primary N) is 1. The molecule has 12 nitrogen and oxygen atoms in total. The molecule has 0 spiro atoms. The van der Waals surface area contributed by atoms with Crippen molar-refractivity contribution in [2.45, 2.75) is 25.9 Å². The maximum atomic E-state index is 12.1. The van der Waals surface area contributed by atoms with Gasteiger partial charge in [0.25, 0.3) is 0 Å². The van der Waals surface area contributed by atoms with Crippen LogP contribution in [-0.2, 0) is 20.9 Å². The number of aromatic nitrogens is 4. The van der Waals surface area contributed by atoms with Crippen LogP contribution in [0.15, 0.2) is 48.9 Å². The maximum absolute atomic E-state index is 12.1. The summed E-state index contributed by atoms with van der Waals surface area (Å²) in [5.74, 6) is 1.87. The molecule has 0 unspecified atom stereocenters. The van der Waals surface area contributed by atoms with Crippen molar-refractivity contribution >= 4 is 29.8 Å². The van der Waals surface area contributed by atoms with Crippen LogP contribution in [0.5, 0.6) is 5.75 Å². The Kier molecular flexibility index (Phi) is 10.2. The molecule has 1 saturated heterocycles. The fourth-order valence-corrected chi connectivity index (χ4v) is 3.49. The van der Waals surface area contributed by atoms with Gasteiger partial charge >= 0.3 is 0 Å². The number of hydrogen-bond donors (Lipinski definition) is 2. The van der Waals surface area contributed by atoms with E-state index in [1.165, 1.54) is 16.4 Å². The molecule has 3 aromatic rings. The van der Waals surface area contributed by atoms with Crippen LogP contribution in [0.25, 0.3) is 0 Å². The minimum Gasteiger partial charge on any atom is -0.492 e. The third-order valence-corrected chi connectivity index (χ3v) is 5.77. The van der Waals surface area contributed by atoms with Crippen molar-refractivity contribution in [3.05, 3.63) is 54.5 Å². The predicted octanol–water partition coefficient (Wildman–Crippen LogP) is 1.58. The van der Waals surface area contributed by atoms with Gasteiger partial charge < -0.3 is 30.3 Å². The molecule has 1 aliphatic heterocycles. The van der Waals surface area contributed by atoms with Gasteiger partial charge in [-0.1, -0.05) is 17.7 Å². The van der Waals surface area contributed by atoms with Gasteiger partial charge in [-0.3, -0.25) is 14.3 Å². The van der Waals surface area contributed by atoms with Gasteiger partial charge in [0, 0.05) is 33.1 Å². The number of nitrogens with one attached hydrogen (secondary N) is 1. The number of nitrogen functional groups attached to an aromatic ring is 1. The SMILES string of the molecule is CN(c1ccnc(N)n1)[C@H]1CCOC1.Cc1ccc(OCCN(C)C(=O)Cn2cc(NC=O)cn2)cc1. The number of amides is 2. The summed E-state index contributed by atoms with van der Waals surface area (Å²) in [6.45, 7) is 4.62. The highest BCUT2D eigenvalue weighted by Crippen LogP contribution is 2.17. The van der Waals surface area contributed by atoms with E-state index < -0.39 is 0 Å². The van der Waals surface area contributed by atoms with E-state index in [0.29, 0.717) is 37.2 Å². The lowest BCUT2D eigenvalue weighted by Crippen LogP contribution is -2.33. The highest BCUT2D eigenvalue weighted by atomic mass is 16.5. The number of carbonyl (C=O) groups is 2. The molecule has 1 atom stereocenters. The van der Waals surface area contributed by atoms with Crippen molar-refractivity contribution < 1.29 is 19.1 Å². The van der Waals surface area contributed by atoms with Crippen molar-refractivity contribution in [3.63, 3.8) is 0 Å². The molecular formula is C25H34N8O4. The minimum absolute atomic E-state index is 0.0849. The fourth-order valence-electron chi connectivity index (χ4n) is 3.49. The van der Waals surface area contributed by atoms with E-state index >= 15 is 0 Å². The van der Waals surface area contributed by atoms with Crippen molar-refractivity contribution in [1.29, 1.82) is 0 Å². The molecule has 37 heavy (non-hydrogen) atoms. The van der Waals surface area contributed by atoms with Crippen molar-refractivity contribution in [2.75, 3.05) is 56.4 Å². The Balaban J connectivity index is 0.000000231. The second-order valence-corrected chi connectivity index (χ2v) is 8.57. The molecule has 2 amide bonds. The molecular weight excluding hydrogens is 476 g/mol. The fraction of sp³-hybridized carbons (Fsp3) is 0.400. The van der Waals surface area contributed by atoms with Gasteiger partial charge in [0.15, 0.2) is 0 Å². The monoisotopic (exact) mass is 510 g/mol. The summed E-state index contributed by atoms with van der Waals surface area (Å²) in [5, 5.41) is 6.49. The largest absolute Gasteiger partial charge is 0.492 e. The molecule has 12 heteroatoms. The van der Waals surface area contributed by atoms with E-state index in [2.05, 4.69) is 25.3 Å². The Hall–Kier alpha value is -4.19. The Morgan fingerprint density at radius 2 is 2.08 bits per heavy atom. The number of aryl methyl sites for hydroxylation is 1. The number of anilines is 3. The van der Waals surface area contributed by atoms with Gasteiger partial charge in [0.05, 0.1) is 31.1 Å². The van der Waals surface area contributed by atoms with Crippen molar-refractivity contribution in [2.24, 2.45) is 0 Å². The summed E-state index contributed by atoms with van der Waals surface area (Å²) in [5.41, 5.74) is 7.24. The summed E-state index contributed by atoms with van der Waals surface area (Å²) in [6, 6.07) is 10.0. The molecule has 3 N–H and O–H groups in total. The first kappa shape index (κ1) is 27.4. The number of carbonyl (C=O) groups excluding carboxylic acids is 2. The molecule has 3 heterocycles. The van der Waals surface area contributed by atoms with Crippen LogP contribution in [-0.4, -0.2) is 83.5 Å². The van der Waals surface area contributed by atoms with Crippen LogP contribution in [0.3, 0.4) is 0 Å². The average molecular weight is 511 g/mol. The zero-order valence-electron chi connectivity index (χ0n) is 21.4. The lowest BCUT2D eigenvalue weighted by Gasteiger charge is -2.23. The minimum atomic E-state index is -0.0849. The first-order valence-corrected chi connectivity index (χ1v) is 11.9. The normalized spacial score (nSPS) is 14.3. The van der Waals surface area contributed by atoms with E-state index in [-0.39, 0.29) is 12.5 Å². The average Bonchev–Trinajstić information content (AvgIpc) is 3.58. The van der Waals surface area contributed by atoms with Gasteiger partial charge in [0.2, 0.25) is 18.3 Å². The predicted molar refractivity (Wildman–Crippen MR) is 140 cm³/mol. The van der Waals surface area contributed by atoms with E-state index in [4.69, 9.17) is 15.2 Å². The molecule has 2 aromatic heterocycles. The smallest absolute Gasteiger partial charge is 0.244 e. The van der Waals surface area contributed by atoms with Gasteiger partial charge in [-0.15, -0.1) is 0 Å². The van der Waals surface area contributed by atoms with Crippen molar-refractivity contribution in [3.8, 4) is 5.75 Å². The number of rotatable bonds is 10. The lowest BCUT2D eigenvalue weighted by atomic mass is 10.2. The Morgan fingerprint density at radius 3 is 2.76 bits per heavy atom. The van der Waals surface area contributed by atoms with Gasteiger partial charge in [-0.2, -0.15) is 10.1 Å². The van der Waals surface area contributed by atoms with Crippen LogP contribution >= 0.6 is 0 Å². The second kappa shape index (κ2) is 13.8. The number of nitrogens with zero attached hydrogens (tertiary/aromatic N) is 6. The van der Waals surface area contributed by atoms with E-state index in [0.717, 1.165) is 31.2 Å². The topological polar surface area (TPSA) is 141 Å². The zero-order valence-corrected chi connectivity index (χ0v) is 21.4. The summed E-state index contributed by atoms with van der Waals surface area (Å²) < 4.78 is 12.4. The Labute approximate surface area is 216 Å². The number of hydrogen-bond acceptors (Lipinski definition) is 9. The highest BCUT2D eigenvalue weighted by Gasteiger charge is 2.21. The van der Waals surface area contributed by atoms with Gasteiger partial charge in [-0.05, 0) is 31.5 Å². The first-order chi connectivity index (χ1) is 17.9. The van der Waals surface area contributed by atoms with E-state index in [9.17, 15) is 9.59 Å². The third kappa shape index (κ3) is 8.76. The van der Waals surface area contributed by atoms with Gasteiger partial charge in [0.1, 0.15) is 24.7 Å². The molecule has 1 fully saturated rings. The van der Waals surface area contributed by atoms with Crippen LogP contribution in [0.1, 0.15) is 12.0 Å². The molecule has 0 radical (unpaired) electrons. The van der Waals surface area contributed by atoms with Crippen molar-refractivity contribution in [1.82, 2.24) is 24.6 Å². The second-order valence-electron chi connectivity index (χ2n) is 8.57. The zero-order chi connectivity index (χ0) is 26.6. The molecule has 0 bridgehead atoms. The molecule has 1 aromatic carbocycles. The summed E-state index contributed by atoms with van der Waals surface area (Å²) in [7, 11) is 3.72. The molecule has 198 valence electrons. The van der Waals surface area contributed by atoms with Crippen LogP contribution in [0, 0.1) is 6.92 Å². The van der Waals surface area contributed by atoms with E-state index in [1.54, 1.807) is 24.3 Å². The third-order valence-electron chi connectivity index (χ3n) is 5.77. The van der Waals surface area contributed by atoms with Gasteiger partial charge in [-0.25, -0.2) is 4.98 Å². The Morgan fingerprint density at radius 1 is 1.30 bits per heavy atom. The van der Waals surface area contributed by atoms with E-state index in [1.807, 2.05) is 44.3 Å². The maximum Gasteiger partial charge on any atom is 0.244 e. The first-order valence-electron chi connectivity index (χ1n) is 11.9. The molecule has 4 rings (SSSR count). The molecule has 0 saturated carbocycles.